The van der Waals surface area contributed by atoms with Gasteiger partial charge >= 0.3 is 0 Å². The molecule has 0 radical (unpaired) electrons. The van der Waals surface area contributed by atoms with Crippen molar-refractivity contribution in [3.05, 3.63) is 0 Å². The van der Waals surface area contributed by atoms with E-state index in [0.717, 1.165) is 24.2 Å². The van der Waals surface area contributed by atoms with E-state index in [4.69, 9.17) is 0 Å². The fourth-order valence-corrected chi connectivity index (χ4v) is 6.20. The van der Waals surface area contributed by atoms with Gasteiger partial charge in [0.25, 0.3) is 0 Å². The van der Waals surface area contributed by atoms with Gasteiger partial charge in [-0.3, -0.25) is 0 Å². The first-order chi connectivity index (χ1) is 11.2. The molecule has 0 amide bonds. The molecule has 0 N–H and O–H groups in total. The van der Waals surface area contributed by atoms with Gasteiger partial charge < -0.3 is 0 Å². The molecule has 0 bridgehead atoms. The molecule has 3 aliphatic carbocycles. The fraction of sp³-hybridized carbons (Fsp3) is 1.00. The third-order valence-electron chi connectivity index (χ3n) is 7.78. The van der Waals surface area contributed by atoms with Crippen LogP contribution in [0.5, 0.6) is 0 Å². The number of alkyl halides is 1. The predicted octanol–water partition coefficient (Wildman–Crippen LogP) is 7.17. The second-order valence-electron chi connectivity index (χ2n) is 9.34. The Morgan fingerprint density at radius 1 is 0.739 bits per heavy atom. The molecule has 0 aromatic heterocycles. The van der Waals surface area contributed by atoms with Gasteiger partial charge in [0.15, 0.2) is 0 Å². The number of rotatable bonds is 4. The van der Waals surface area contributed by atoms with Crippen LogP contribution in [0.4, 0.5) is 4.39 Å². The van der Waals surface area contributed by atoms with Crippen LogP contribution in [-0.4, -0.2) is 6.17 Å². The molecule has 23 heavy (non-hydrogen) atoms. The van der Waals surface area contributed by atoms with Gasteiger partial charge in [-0.1, -0.05) is 52.4 Å². The predicted molar refractivity (Wildman–Crippen MR) is 97.2 cm³/mol. The number of hydrogen-bond acceptors (Lipinski definition) is 0. The quantitative estimate of drug-likeness (QED) is 0.514. The highest BCUT2D eigenvalue weighted by Crippen LogP contribution is 2.47. The van der Waals surface area contributed by atoms with E-state index in [-0.39, 0.29) is 0 Å². The van der Waals surface area contributed by atoms with Crippen molar-refractivity contribution in [3.63, 3.8) is 0 Å². The zero-order chi connectivity index (χ0) is 16.2. The first-order valence-corrected chi connectivity index (χ1v) is 10.8. The summed E-state index contributed by atoms with van der Waals surface area (Å²) in [4.78, 5) is 0. The summed E-state index contributed by atoms with van der Waals surface area (Å²) in [7, 11) is 0. The van der Waals surface area contributed by atoms with Gasteiger partial charge in [-0.25, -0.2) is 4.39 Å². The summed E-state index contributed by atoms with van der Waals surface area (Å²) >= 11 is 0. The van der Waals surface area contributed by atoms with Crippen LogP contribution in [0.15, 0.2) is 0 Å². The molecule has 3 fully saturated rings. The highest BCUT2D eigenvalue weighted by atomic mass is 19.1. The Labute approximate surface area is 144 Å². The average molecular weight is 323 g/mol. The van der Waals surface area contributed by atoms with E-state index in [9.17, 15) is 4.39 Å². The summed E-state index contributed by atoms with van der Waals surface area (Å²) in [5.41, 5.74) is 0. The standard InChI is InChI=1S/C22H39F/c1-3-4-17-7-11-19(12-8-17)21-14-13-20(15-22(21)23)18-9-5-16(2)6-10-18/h16-22H,3-15H2,1-2H3. The molecule has 3 aliphatic rings. The Morgan fingerprint density at radius 3 is 1.96 bits per heavy atom. The maximum Gasteiger partial charge on any atom is 0.103 e. The maximum absolute atomic E-state index is 15.0. The minimum Gasteiger partial charge on any atom is -0.247 e. The molecule has 3 unspecified atom stereocenters. The van der Waals surface area contributed by atoms with Crippen molar-refractivity contribution in [3.8, 4) is 0 Å². The Morgan fingerprint density at radius 2 is 1.35 bits per heavy atom. The normalized spacial score (nSPS) is 45.8. The van der Waals surface area contributed by atoms with Gasteiger partial charge in [0.2, 0.25) is 0 Å². The lowest BCUT2D eigenvalue weighted by atomic mass is 9.64. The molecule has 0 saturated heterocycles. The fourth-order valence-electron chi connectivity index (χ4n) is 6.20. The van der Waals surface area contributed by atoms with Crippen LogP contribution in [0, 0.1) is 35.5 Å². The van der Waals surface area contributed by atoms with Crippen LogP contribution in [-0.2, 0) is 0 Å². The van der Waals surface area contributed by atoms with Gasteiger partial charge in [-0.2, -0.15) is 0 Å². The van der Waals surface area contributed by atoms with E-state index in [1.807, 2.05) is 0 Å². The Hall–Kier alpha value is -0.0700. The maximum atomic E-state index is 15.0. The molecule has 0 aliphatic heterocycles. The van der Waals surface area contributed by atoms with E-state index >= 15 is 0 Å². The molecule has 1 heteroatoms. The van der Waals surface area contributed by atoms with Crippen molar-refractivity contribution < 1.29 is 4.39 Å². The number of hydrogen-bond donors (Lipinski definition) is 0. The lowest BCUT2D eigenvalue weighted by Crippen LogP contribution is -2.36. The van der Waals surface area contributed by atoms with E-state index in [0.29, 0.717) is 17.8 Å². The highest BCUT2D eigenvalue weighted by molar-refractivity contribution is 4.89. The third kappa shape index (κ3) is 4.51. The summed E-state index contributed by atoms with van der Waals surface area (Å²) in [6, 6.07) is 0. The molecule has 3 rings (SSSR count). The van der Waals surface area contributed by atoms with Gasteiger partial charge in [-0.15, -0.1) is 0 Å². The molecular formula is C22H39F. The summed E-state index contributed by atoms with van der Waals surface area (Å²) in [6.07, 6.45) is 16.6. The molecular weight excluding hydrogens is 283 g/mol. The minimum absolute atomic E-state index is 0.413. The largest absolute Gasteiger partial charge is 0.247 e. The summed E-state index contributed by atoms with van der Waals surface area (Å²) in [6.45, 7) is 4.69. The molecule has 0 heterocycles. The van der Waals surface area contributed by atoms with Crippen LogP contribution in [0.2, 0.25) is 0 Å². The second-order valence-corrected chi connectivity index (χ2v) is 9.34. The SMILES string of the molecule is CCCC1CCC(C2CCC(C3CCC(C)CC3)CC2F)CC1. The summed E-state index contributed by atoms with van der Waals surface area (Å²) in [5, 5.41) is 0. The van der Waals surface area contributed by atoms with Gasteiger partial charge in [0.05, 0.1) is 0 Å². The van der Waals surface area contributed by atoms with Crippen LogP contribution < -0.4 is 0 Å². The molecule has 0 nitrogen and oxygen atoms in total. The van der Waals surface area contributed by atoms with Crippen molar-refractivity contribution in [1.82, 2.24) is 0 Å². The lowest BCUT2D eigenvalue weighted by Gasteiger charge is -2.43. The van der Waals surface area contributed by atoms with Crippen LogP contribution >= 0.6 is 0 Å². The molecule has 0 spiro atoms. The first kappa shape index (κ1) is 17.7. The van der Waals surface area contributed by atoms with E-state index < -0.39 is 6.17 Å². The summed E-state index contributed by atoms with van der Waals surface area (Å²) in [5.74, 6) is 4.56. The van der Waals surface area contributed by atoms with Gasteiger partial charge in [-0.05, 0) is 80.5 Å². The molecule has 0 aromatic rings. The van der Waals surface area contributed by atoms with Crippen molar-refractivity contribution in [2.24, 2.45) is 35.5 Å². The highest BCUT2D eigenvalue weighted by Gasteiger charge is 2.39. The molecule has 3 saturated carbocycles. The number of halogens is 1. The lowest BCUT2D eigenvalue weighted by molar-refractivity contribution is 0.0335. The second kappa shape index (κ2) is 8.34. The monoisotopic (exact) mass is 322 g/mol. The van der Waals surface area contributed by atoms with E-state index in [1.165, 1.54) is 77.0 Å². The van der Waals surface area contributed by atoms with Gasteiger partial charge in [0.1, 0.15) is 6.17 Å². The van der Waals surface area contributed by atoms with Crippen LogP contribution in [0.1, 0.15) is 97.3 Å². The molecule has 3 atom stereocenters. The Balaban J connectivity index is 1.45. The molecule has 0 aromatic carbocycles. The first-order valence-electron chi connectivity index (χ1n) is 10.8. The Kier molecular flexibility index (Phi) is 6.44. The van der Waals surface area contributed by atoms with E-state index in [1.54, 1.807) is 0 Å². The third-order valence-corrected chi connectivity index (χ3v) is 7.78. The van der Waals surface area contributed by atoms with Crippen molar-refractivity contribution in [2.45, 2.75) is 103 Å². The topological polar surface area (TPSA) is 0 Å². The van der Waals surface area contributed by atoms with Crippen LogP contribution in [0.25, 0.3) is 0 Å². The summed E-state index contributed by atoms with van der Waals surface area (Å²) < 4.78 is 15.0. The minimum atomic E-state index is -0.485. The average Bonchev–Trinajstić information content (AvgIpc) is 2.57. The van der Waals surface area contributed by atoms with Crippen molar-refractivity contribution in [2.75, 3.05) is 0 Å². The van der Waals surface area contributed by atoms with E-state index in [2.05, 4.69) is 13.8 Å². The molecule has 134 valence electrons. The zero-order valence-corrected chi connectivity index (χ0v) is 15.6. The smallest absolute Gasteiger partial charge is 0.103 e. The van der Waals surface area contributed by atoms with Crippen molar-refractivity contribution >= 4 is 0 Å². The Bertz CT molecular complexity index is 336. The zero-order valence-electron chi connectivity index (χ0n) is 15.6. The van der Waals surface area contributed by atoms with Crippen molar-refractivity contribution in [1.29, 1.82) is 0 Å². The van der Waals surface area contributed by atoms with Crippen LogP contribution in [0.3, 0.4) is 0 Å². The van der Waals surface area contributed by atoms with Gasteiger partial charge in [0, 0.05) is 0 Å².